The Morgan fingerprint density at radius 1 is 0.800 bits per heavy atom. The molecule has 124 valence electrons. The Morgan fingerprint density at radius 3 is 2.08 bits per heavy atom. The van der Waals surface area contributed by atoms with E-state index in [1.54, 1.807) is 6.21 Å². The van der Waals surface area contributed by atoms with Crippen LogP contribution >= 0.6 is 0 Å². The van der Waals surface area contributed by atoms with Crippen LogP contribution < -0.4 is 10.7 Å². The maximum Gasteiger partial charge on any atom is 0.259 e. The number of anilines is 1. The topological polar surface area (TPSA) is 53.5 Å². The normalized spacial score (nSPS) is 10.6. The van der Waals surface area contributed by atoms with Crippen molar-refractivity contribution in [2.75, 3.05) is 11.9 Å². The number of hydrazone groups is 1. The smallest absolute Gasteiger partial charge is 0.259 e. The molecule has 0 radical (unpaired) electrons. The van der Waals surface area contributed by atoms with Crippen LogP contribution in [0.2, 0.25) is 0 Å². The molecule has 0 saturated carbocycles. The molecule has 0 atom stereocenters. The van der Waals surface area contributed by atoms with Gasteiger partial charge in [0.15, 0.2) is 0 Å². The van der Waals surface area contributed by atoms with Gasteiger partial charge >= 0.3 is 0 Å². The summed E-state index contributed by atoms with van der Waals surface area (Å²) in [6, 6.07) is 27.8. The van der Waals surface area contributed by atoms with Gasteiger partial charge in [-0.05, 0) is 28.8 Å². The van der Waals surface area contributed by atoms with Gasteiger partial charge in [-0.3, -0.25) is 4.79 Å². The molecule has 0 fully saturated rings. The Balaban J connectivity index is 1.49. The Morgan fingerprint density at radius 2 is 1.40 bits per heavy atom. The van der Waals surface area contributed by atoms with Crippen molar-refractivity contribution in [1.82, 2.24) is 5.43 Å². The summed E-state index contributed by atoms with van der Waals surface area (Å²) >= 11 is 0. The second kappa shape index (κ2) is 8.45. The molecule has 0 heterocycles. The monoisotopic (exact) mass is 329 g/mol. The summed E-state index contributed by atoms with van der Waals surface area (Å²) in [7, 11) is 0. The van der Waals surface area contributed by atoms with Crippen LogP contribution in [-0.4, -0.2) is 18.7 Å². The number of hydrogen-bond donors (Lipinski definition) is 2. The van der Waals surface area contributed by atoms with Gasteiger partial charge in [0, 0.05) is 5.69 Å². The Labute approximate surface area is 147 Å². The molecule has 2 N–H and O–H groups in total. The van der Waals surface area contributed by atoms with E-state index in [4.69, 9.17) is 0 Å². The van der Waals surface area contributed by atoms with Gasteiger partial charge in [-0.25, -0.2) is 5.43 Å². The van der Waals surface area contributed by atoms with Crippen molar-refractivity contribution in [3.63, 3.8) is 0 Å². The average molecular weight is 329 g/mol. The first-order chi connectivity index (χ1) is 12.3. The van der Waals surface area contributed by atoms with Gasteiger partial charge in [-0.15, -0.1) is 0 Å². The van der Waals surface area contributed by atoms with Crippen molar-refractivity contribution in [2.45, 2.75) is 0 Å². The molecular formula is C21H19N3O. The maximum atomic E-state index is 11.8. The van der Waals surface area contributed by atoms with Crippen molar-refractivity contribution in [2.24, 2.45) is 5.10 Å². The highest BCUT2D eigenvalue weighted by Gasteiger charge is 1.99. The van der Waals surface area contributed by atoms with Crippen molar-refractivity contribution in [3.8, 4) is 11.1 Å². The number of benzene rings is 3. The van der Waals surface area contributed by atoms with Crippen LogP contribution in [0.1, 0.15) is 5.56 Å². The second-order valence-corrected chi connectivity index (χ2v) is 5.50. The van der Waals surface area contributed by atoms with Gasteiger partial charge < -0.3 is 5.32 Å². The van der Waals surface area contributed by atoms with E-state index in [9.17, 15) is 4.79 Å². The van der Waals surface area contributed by atoms with Crippen LogP contribution in [0, 0.1) is 0 Å². The highest BCUT2D eigenvalue weighted by Crippen LogP contribution is 2.18. The van der Waals surface area contributed by atoms with Crippen LogP contribution in [0.3, 0.4) is 0 Å². The zero-order valence-corrected chi connectivity index (χ0v) is 13.7. The molecule has 0 spiro atoms. The number of rotatable bonds is 6. The summed E-state index contributed by atoms with van der Waals surface area (Å²) in [6.45, 7) is 0.175. The Kier molecular flexibility index (Phi) is 5.56. The average Bonchev–Trinajstić information content (AvgIpc) is 2.68. The fourth-order valence-electron chi connectivity index (χ4n) is 2.35. The SMILES string of the molecule is O=C(CNc1ccccc1)N/N=C\c1ccc(-c2ccccc2)cc1. The summed E-state index contributed by atoms with van der Waals surface area (Å²) in [5, 5.41) is 7.02. The molecule has 4 nitrogen and oxygen atoms in total. The predicted octanol–water partition coefficient (Wildman–Crippen LogP) is 3.92. The van der Waals surface area contributed by atoms with Gasteiger partial charge in [0.25, 0.3) is 5.91 Å². The zero-order chi connectivity index (χ0) is 17.3. The van der Waals surface area contributed by atoms with Crippen molar-refractivity contribution >= 4 is 17.8 Å². The molecule has 0 unspecified atom stereocenters. The molecule has 0 bridgehead atoms. The molecule has 0 saturated heterocycles. The minimum atomic E-state index is -0.194. The van der Waals surface area contributed by atoms with E-state index in [0.717, 1.165) is 16.8 Å². The minimum absolute atomic E-state index is 0.175. The van der Waals surface area contributed by atoms with Gasteiger partial charge in [0.05, 0.1) is 12.8 Å². The molecule has 3 aromatic rings. The number of carbonyl (C=O) groups excluding carboxylic acids is 1. The molecule has 4 heteroatoms. The lowest BCUT2D eigenvalue weighted by molar-refractivity contribution is -0.119. The highest BCUT2D eigenvalue weighted by atomic mass is 16.2. The third kappa shape index (κ3) is 5.04. The first kappa shape index (κ1) is 16.5. The molecule has 1 amide bonds. The molecule has 0 aliphatic heterocycles. The molecule has 25 heavy (non-hydrogen) atoms. The highest BCUT2D eigenvalue weighted by molar-refractivity contribution is 5.84. The zero-order valence-electron chi connectivity index (χ0n) is 13.7. The third-order valence-electron chi connectivity index (χ3n) is 3.65. The van der Waals surface area contributed by atoms with Crippen molar-refractivity contribution in [3.05, 3.63) is 90.5 Å². The van der Waals surface area contributed by atoms with Crippen LogP contribution in [-0.2, 0) is 4.79 Å². The molecule has 0 aliphatic rings. The van der Waals surface area contributed by atoms with Crippen LogP contribution in [0.5, 0.6) is 0 Å². The summed E-state index contributed by atoms with van der Waals surface area (Å²) in [4.78, 5) is 11.8. The largest absolute Gasteiger partial charge is 0.376 e. The lowest BCUT2D eigenvalue weighted by Crippen LogP contribution is -2.25. The van der Waals surface area contributed by atoms with Crippen molar-refractivity contribution < 1.29 is 4.79 Å². The Hall–Kier alpha value is -3.40. The fourth-order valence-corrected chi connectivity index (χ4v) is 2.35. The molecule has 3 aromatic carbocycles. The van der Waals surface area contributed by atoms with Gasteiger partial charge in [-0.2, -0.15) is 5.10 Å². The molecular weight excluding hydrogens is 310 g/mol. The van der Waals surface area contributed by atoms with Crippen molar-refractivity contribution in [1.29, 1.82) is 0 Å². The van der Waals surface area contributed by atoms with Crippen LogP contribution in [0.15, 0.2) is 90.0 Å². The summed E-state index contributed by atoms with van der Waals surface area (Å²) in [5.74, 6) is -0.194. The minimum Gasteiger partial charge on any atom is -0.376 e. The summed E-state index contributed by atoms with van der Waals surface area (Å²) < 4.78 is 0. The standard InChI is InChI=1S/C21H19N3O/c25-21(16-22-20-9-5-2-6-10-20)24-23-15-17-11-13-19(14-12-17)18-7-3-1-4-8-18/h1-15,22H,16H2,(H,24,25)/b23-15-. The quantitative estimate of drug-likeness (QED) is 0.532. The van der Waals surface area contributed by atoms with Gasteiger partial charge in [-0.1, -0.05) is 72.8 Å². The molecule has 0 aromatic heterocycles. The second-order valence-electron chi connectivity index (χ2n) is 5.50. The molecule has 0 aliphatic carbocycles. The van der Waals surface area contributed by atoms with E-state index < -0.39 is 0 Å². The lowest BCUT2D eigenvalue weighted by Gasteiger charge is -2.04. The lowest BCUT2D eigenvalue weighted by atomic mass is 10.0. The van der Waals surface area contributed by atoms with E-state index in [0.29, 0.717) is 0 Å². The van der Waals surface area contributed by atoms with Crippen LogP contribution in [0.25, 0.3) is 11.1 Å². The van der Waals surface area contributed by atoms with E-state index in [2.05, 4.69) is 28.0 Å². The Bertz CT molecular complexity index is 828. The molecule has 3 rings (SSSR count). The summed E-state index contributed by atoms with van der Waals surface area (Å²) in [5.41, 5.74) is 6.66. The maximum absolute atomic E-state index is 11.8. The number of amides is 1. The summed E-state index contributed by atoms with van der Waals surface area (Å²) in [6.07, 6.45) is 1.63. The number of hydrogen-bond acceptors (Lipinski definition) is 3. The van der Waals surface area contributed by atoms with E-state index in [-0.39, 0.29) is 12.5 Å². The number of nitrogens with one attached hydrogen (secondary N) is 2. The van der Waals surface area contributed by atoms with E-state index >= 15 is 0 Å². The number of carbonyl (C=O) groups is 1. The van der Waals surface area contributed by atoms with E-state index in [1.165, 1.54) is 5.56 Å². The number of para-hydroxylation sites is 1. The van der Waals surface area contributed by atoms with Gasteiger partial charge in [0.2, 0.25) is 0 Å². The number of nitrogens with zero attached hydrogens (tertiary/aromatic N) is 1. The fraction of sp³-hybridized carbons (Fsp3) is 0.0476. The third-order valence-corrected chi connectivity index (χ3v) is 3.65. The first-order valence-corrected chi connectivity index (χ1v) is 8.07. The predicted molar refractivity (Wildman–Crippen MR) is 103 cm³/mol. The van der Waals surface area contributed by atoms with Gasteiger partial charge in [0.1, 0.15) is 0 Å². The van der Waals surface area contributed by atoms with E-state index in [1.807, 2.05) is 72.8 Å². The first-order valence-electron chi connectivity index (χ1n) is 8.07. The van der Waals surface area contributed by atoms with Crippen LogP contribution in [0.4, 0.5) is 5.69 Å².